The Kier molecular flexibility index (Phi) is 7.26. The highest BCUT2D eigenvalue weighted by atomic mass is 19.4. The lowest BCUT2D eigenvalue weighted by atomic mass is 9.94. The number of halogens is 4. The number of benzene rings is 4. The monoisotopic (exact) mass is 510 g/mol. The second kappa shape index (κ2) is 10.4. The molecule has 1 amide bonds. The van der Waals surface area contributed by atoms with E-state index in [0.717, 1.165) is 24.3 Å². The molecule has 2 unspecified atom stereocenters. The summed E-state index contributed by atoms with van der Waals surface area (Å²) < 4.78 is 52.3. The van der Waals surface area contributed by atoms with Gasteiger partial charge in [0.1, 0.15) is 5.82 Å². The summed E-state index contributed by atoms with van der Waals surface area (Å²) >= 11 is 0. The van der Waals surface area contributed by atoms with Crippen LogP contribution in [0, 0.1) is 5.82 Å². The minimum atomic E-state index is -4.52. The van der Waals surface area contributed by atoms with E-state index in [0.29, 0.717) is 10.9 Å². The number of alkyl halides is 3. The first-order chi connectivity index (χ1) is 17.5. The fourth-order valence-corrected chi connectivity index (χ4v) is 4.14. The maximum absolute atomic E-state index is 13.4. The Hall–Kier alpha value is -4.24. The number of rotatable bonds is 7. The Morgan fingerprint density at radius 3 is 1.97 bits per heavy atom. The largest absolute Gasteiger partial charge is 0.545 e. The summed E-state index contributed by atoms with van der Waals surface area (Å²) in [5, 5.41) is 25.9. The van der Waals surface area contributed by atoms with E-state index in [4.69, 9.17) is 0 Å². The summed E-state index contributed by atoms with van der Waals surface area (Å²) in [5.74, 6) is -2.58. The molecule has 4 aromatic rings. The molecule has 0 spiro atoms. The molecule has 4 aromatic carbocycles. The summed E-state index contributed by atoms with van der Waals surface area (Å²) in [4.78, 5) is 24.8. The normalized spacial score (nSPS) is 13.2. The predicted molar refractivity (Wildman–Crippen MR) is 126 cm³/mol. The topological polar surface area (TPSA) is 89.5 Å². The number of aromatic carboxylic acids is 1. The Bertz CT molecular complexity index is 1430. The number of hydrogen-bond acceptors (Lipinski definition) is 4. The molecule has 4 rings (SSSR count). The molecule has 0 heterocycles. The number of carboxylic acids is 1. The highest BCUT2D eigenvalue weighted by molar-refractivity contribution is 6.12. The third-order valence-corrected chi connectivity index (χ3v) is 6.03. The Balaban J connectivity index is 1.68. The number of carboxylic acid groups (broad SMARTS) is 1. The summed E-state index contributed by atoms with van der Waals surface area (Å²) in [5.41, 5.74) is -0.105. The van der Waals surface area contributed by atoms with Crippen molar-refractivity contribution >= 4 is 22.6 Å². The number of aliphatic hydroxyl groups excluding tert-OH is 1. The molecule has 0 aliphatic heterocycles. The third kappa shape index (κ3) is 5.78. The highest BCUT2D eigenvalue weighted by Crippen LogP contribution is 2.30. The molecule has 2 atom stereocenters. The van der Waals surface area contributed by atoms with Gasteiger partial charge in [0.25, 0.3) is 5.91 Å². The molecule has 9 heteroatoms. The lowest BCUT2D eigenvalue weighted by molar-refractivity contribution is -0.254. The molecule has 0 fully saturated rings. The van der Waals surface area contributed by atoms with Gasteiger partial charge in [-0.05, 0) is 58.7 Å². The van der Waals surface area contributed by atoms with Gasteiger partial charge >= 0.3 is 6.18 Å². The second-order valence-corrected chi connectivity index (χ2v) is 8.47. The van der Waals surface area contributed by atoms with Crippen LogP contribution in [-0.2, 0) is 12.6 Å². The van der Waals surface area contributed by atoms with E-state index in [2.05, 4.69) is 5.32 Å². The van der Waals surface area contributed by atoms with Gasteiger partial charge in [-0.2, -0.15) is 13.2 Å². The maximum atomic E-state index is 13.4. The average molecular weight is 510 g/mol. The van der Waals surface area contributed by atoms with Gasteiger partial charge in [-0.25, -0.2) is 4.39 Å². The van der Waals surface area contributed by atoms with Crippen molar-refractivity contribution in [1.29, 1.82) is 0 Å². The van der Waals surface area contributed by atoms with Crippen molar-refractivity contribution < 1.29 is 37.4 Å². The number of nitrogens with one attached hydrogen (secondary N) is 1. The quantitative estimate of drug-likeness (QED) is 0.360. The van der Waals surface area contributed by atoms with Crippen molar-refractivity contribution in [2.24, 2.45) is 0 Å². The average Bonchev–Trinajstić information content (AvgIpc) is 2.87. The first-order valence-electron chi connectivity index (χ1n) is 11.2. The second-order valence-electron chi connectivity index (χ2n) is 8.47. The van der Waals surface area contributed by atoms with Crippen LogP contribution in [0.3, 0.4) is 0 Å². The zero-order valence-corrected chi connectivity index (χ0v) is 19.1. The van der Waals surface area contributed by atoms with Crippen molar-refractivity contribution in [3.05, 3.63) is 119 Å². The molecule has 0 aromatic heterocycles. The van der Waals surface area contributed by atoms with Crippen LogP contribution >= 0.6 is 0 Å². The number of hydrogen-bond donors (Lipinski definition) is 2. The molecule has 37 heavy (non-hydrogen) atoms. The Morgan fingerprint density at radius 1 is 0.838 bits per heavy atom. The fraction of sp³-hybridized carbons (Fsp3) is 0.143. The molecule has 0 aliphatic rings. The number of carbonyl (C=O) groups is 2. The van der Waals surface area contributed by atoms with E-state index in [9.17, 15) is 37.4 Å². The van der Waals surface area contributed by atoms with Gasteiger partial charge in [0.05, 0.1) is 23.7 Å². The van der Waals surface area contributed by atoms with E-state index in [-0.39, 0.29) is 28.5 Å². The van der Waals surface area contributed by atoms with E-state index >= 15 is 0 Å². The maximum Gasteiger partial charge on any atom is 0.416 e. The minimum Gasteiger partial charge on any atom is -0.545 e. The fourth-order valence-electron chi connectivity index (χ4n) is 4.14. The van der Waals surface area contributed by atoms with Gasteiger partial charge in [0.15, 0.2) is 0 Å². The van der Waals surface area contributed by atoms with Crippen molar-refractivity contribution in [3.63, 3.8) is 0 Å². The van der Waals surface area contributed by atoms with E-state index < -0.39 is 41.6 Å². The minimum absolute atomic E-state index is 0.0442. The van der Waals surface area contributed by atoms with Gasteiger partial charge in [-0.15, -0.1) is 0 Å². The summed E-state index contributed by atoms with van der Waals surface area (Å²) in [7, 11) is 0. The van der Waals surface area contributed by atoms with Crippen LogP contribution < -0.4 is 10.4 Å². The molecule has 0 saturated heterocycles. The van der Waals surface area contributed by atoms with Crippen LogP contribution in [0.4, 0.5) is 17.6 Å². The molecular formula is C28H20F4NO4-. The highest BCUT2D eigenvalue weighted by Gasteiger charge is 2.30. The van der Waals surface area contributed by atoms with Crippen LogP contribution in [0.1, 0.15) is 43.5 Å². The first kappa shape index (κ1) is 25.8. The van der Waals surface area contributed by atoms with Crippen LogP contribution in [0.25, 0.3) is 10.8 Å². The zero-order valence-electron chi connectivity index (χ0n) is 19.1. The standard InChI is InChI=1S/C28H21F4NO4/c29-19-11-7-17(8-12-19)25(34)24(15-16-5-9-18(10-6-16)28(30,31)32)33-26(35)22-13-14-23(27(36)37)21-4-2-1-3-20(21)22/h1-14,24-25,34H,15H2,(H,33,35)(H,36,37)/p-1. The van der Waals surface area contributed by atoms with Gasteiger partial charge in [0.2, 0.25) is 0 Å². The smallest absolute Gasteiger partial charge is 0.416 e. The summed E-state index contributed by atoms with van der Waals surface area (Å²) in [6, 6.07) is 17.2. The molecule has 0 bridgehead atoms. The molecule has 0 aliphatic carbocycles. The summed E-state index contributed by atoms with van der Waals surface area (Å²) in [6.45, 7) is 0. The van der Waals surface area contributed by atoms with E-state index in [1.807, 2.05) is 0 Å². The number of aliphatic hydroxyl groups is 1. The zero-order chi connectivity index (χ0) is 26.7. The summed E-state index contributed by atoms with van der Waals surface area (Å²) in [6.07, 6.45) is -5.89. The van der Waals surface area contributed by atoms with Crippen molar-refractivity contribution in [3.8, 4) is 0 Å². The molecular weight excluding hydrogens is 490 g/mol. The van der Waals surface area contributed by atoms with Gasteiger partial charge in [-0.1, -0.05) is 54.6 Å². The van der Waals surface area contributed by atoms with E-state index in [1.165, 1.54) is 42.5 Å². The third-order valence-electron chi connectivity index (χ3n) is 6.03. The number of fused-ring (bicyclic) bond motifs is 1. The first-order valence-corrected chi connectivity index (χ1v) is 11.2. The van der Waals surface area contributed by atoms with Crippen molar-refractivity contribution in [2.45, 2.75) is 24.7 Å². The van der Waals surface area contributed by atoms with E-state index in [1.54, 1.807) is 18.2 Å². The lowest BCUT2D eigenvalue weighted by Gasteiger charge is -2.25. The SMILES string of the molecule is O=C([O-])c1ccc(C(=O)NC(Cc2ccc(C(F)(F)F)cc2)C(O)c2ccc(F)cc2)c2ccccc12. The molecule has 5 nitrogen and oxygen atoms in total. The number of amides is 1. The Labute approximate surface area is 209 Å². The van der Waals surface area contributed by atoms with Crippen LogP contribution in [0.15, 0.2) is 84.9 Å². The molecule has 2 N–H and O–H groups in total. The molecule has 0 saturated carbocycles. The van der Waals surface area contributed by atoms with Crippen LogP contribution in [0.2, 0.25) is 0 Å². The van der Waals surface area contributed by atoms with Gasteiger partial charge in [-0.3, -0.25) is 4.79 Å². The van der Waals surface area contributed by atoms with Crippen LogP contribution in [-0.4, -0.2) is 23.0 Å². The van der Waals surface area contributed by atoms with Gasteiger partial charge in [0, 0.05) is 11.1 Å². The van der Waals surface area contributed by atoms with Gasteiger partial charge < -0.3 is 20.3 Å². The number of carbonyl (C=O) groups excluding carboxylic acids is 2. The predicted octanol–water partition coefficient (Wildman–Crippen LogP) is 4.44. The van der Waals surface area contributed by atoms with Crippen LogP contribution in [0.5, 0.6) is 0 Å². The Morgan fingerprint density at radius 2 is 1.41 bits per heavy atom. The lowest BCUT2D eigenvalue weighted by Crippen LogP contribution is -2.41. The van der Waals surface area contributed by atoms with Crippen molar-refractivity contribution in [2.75, 3.05) is 0 Å². The van der Waals surface area contributed by atoms with Crippen molar-refractivity contribution in [1.82, 2.24) is 5.32 Å². The molecule has 0 radical (unpaired) electrons. The molecule has 190 valence electrons.